The van der Waals surface area contributed by atoms with Gasteiger partial charge in [0.2, 0.25) is 5.95 Å². The number of nitrogens with one attached hydrogen (secondary N) is 2. The fourth-order valence-corrected chi connectivity index (χ4v) is 2.47. The Balaban J connectivity index is 1.86. The number of nitrogens with zero attached hydrogens (tertiary/aromatic N) is 3. The summed E-state index contributed by atoms with van der Waals surface area (Å²) < 4.78 is 13.9. The summed E-state index contributed by atoms with van der Waals surface area (Å²) in [6.07, 6.45) is 0. The number of halogens is 2. The first-order valence-corrected chi connectivity index (χ1v) is 6.87. The maximum Gasteiger partial charge on any atom is 0.245 e. The van der Waals surface area contributed by atoms with Crippen molar-refractivity contribution in [1.29, 1.82) is 0 Å². The monoisotopic (exact) mass is 295 g/mol. The van der Waals surface area contributed by atoms with Gasteiger partial charge in [-0.05, 0) is 25.1 Å². The smallest absolute Gasteiger partial charge is 0.245 e. The largest absolute Gasteiger partial charge is 0.337 e. The minimum Gasteiger partial charge on any atom is -0.337 e. The summed E-state index contributed by atoms with van der Waals surface area (Å²) >= 11 is 5.75. The predicted octanol–water partition coefficient (Wildman–Crippen LogP) is 2.06. The van der Waals surface area contributed by atoms with Gasteiger partial charge in [-0.3, -0.25) is 5.10 Å². The average molecular weight is 296 g/mol. The van der Waals surface area contributed by atoms with Crippen LogP contribution in [0, 0.1) is 5.82 Å². The maximum atomic E-state index is 13.9. The van der Waals surface area contributed by atoms with E-state index in [-0.39, 0.29) is 0 Å². The molecule has 1 unspecified atom stereocenters. The first kappa shape index (κ1) is 13.3. The van der Waals surface area contributed by atoms with Crippen molar-refractivity contribution in [3.8, 4) is 11.4 Å². The molecular formula is C13H15ClFN5. The van der Waals surface area contributed by atoms with Crippen molar-refractivity contribution in [2.45, 2.75) is 13.0 Å². The van der Waals surface area contributed by atoms with Gasteiger partial charge in [0.05, 0.1) is 5.56 Å². The molecular weight excluding hydrogens is 281 g/mol. The minimum atomic E-state index is -0.408. The van der Waals surface area contributed by atoms with E-state index >= 15 is 0 Å². The summed E-state index contributed by atoms with van der Waals surface area (Å²) in [5.74, 6) is 0.608. The molecule has 2 N–H and O–H groups in total. The molecule has 2 heterocycles. The molecule has 1 aliphatic rings. The number of hydrogen-bond acceptors (Lipinski definition) is 4. The van der Waals surface area contributed by atoms with Gasteiger partial charge in [-0.15, -0.1) is 5.10 Å². The number of benzene rings is 1. The molecule has 0 saturated carbocycles. The average Bonchev–Trinajstić information content (AvgIpc) is 2.88. The van der Waals surface area contributed by atoms with Crippen molar-refractivity contribution in [1.82, 2.24) is 20.5 Å². The van der Waals surface area contributed by atoms with Gasteiger partial charge in [0.25, 0.3) is 0 Å². The number of aromatic amines is 1. The van der Waals surface area contributed by atoms with Crippen molar-refractivity contribution in [2.24, 2.45) is 0 Å². The van der Waals surface area contributed by atoms with Gasteiger partial charge in [-0.2, -0.15) is 4.98 Å². The summed E-state index contributed by atoms with van der Waals surface area (Å²) in [6.45, 7) is 4.67. The van der Waals surface area contributed by atoms with Crippen LogP contribution in [0.2, 0.25) is 5.02 Å². The molecule has 1 aromatic heterocycles. The fraction of sp³-hybridized carbons (Fsp3) is 0.385. The third-order valence-corrected chi connectivity index (χ3v) is 3.55. The molecule has 1 aliphatic heterocycles. The van der Waals surface area contributed by atoms with E-state index in [1.165, 1.54) is 6.07 Å². The number of piperazine rings is 1. The first-order chi connectivity index (χ1) is 9.63. The highest BCUT2D eigenvalue weighted by molar-refractivity contribution is 6.30. The third kappa shape index (κ3) is 2.62. The van der Waals surface area contributed by atoms with Gasteiger partial charge in [-0.1, -0.05) is 11.6 Å². The van der Waals surface area contributed by atoms with E-state index in [1.807, 2.05) is 0 Å². The SMILES string of the molecule is CC1CN(c2n[nH]c(-c3ccc(Cl)cc3F)n2)CCN1. The molecule has 0 aliphatic carbocycles. The van der Waals surface area contributed by atoms with Gasteiger partial charge >= 0.3 is 0 Å². The van der Waals surface area contributed by atoms with E-state index in [9.17, 15) is 4.39 Å². The lowest BCUT2D eigenvalue weighted by atomic mass is 10.2. The van der Waals surface area contributed by atoms with Gasteiger partial charge in [0, 0.05) is 30.7 Å². The lowest BCUT2D eigenvalue weighted by molar-refractivity contribution is 0.480. The Hall–Kier alpha value is -1.66. The Morgan fingerprint density at radius 3 is 3.05 bits per heavy atom. The molecule has 0 spiro atoms. The number of hydrogen-bond donors (Lipinski definition) is 2. The van der Waals surface area contributed by atoms with Crippen LogP contribution in [0.1, 0.15) is 6.92 Å². The van der Waals surface area contributed by atoms with Crippen LogP contribution in [0.25, 0.3) is 11.4 Å². The van der Waals surface area contributed by atoms with Crippen molar-refractivity contribution in [3.63, 3.8) is 0 Å². The summed E-state index contributed by atoms with van der Waals surface area (Å²) in [5.41, 5.74) is 0.372. The molecule has 1 atom stereocenters. The standard InChI is InChI=1S/C13H15ClFN5/c1-8-7-20(5-4-16-8)13-17-12(18-19-13)10-3-2-9(14)6-11(10)15/h2-3,6,8,16H,4-5,7H2,1H3,(H,17,18,19). The zero-order valence-electron chi connectivity index (χ0n) is 11.0. The van der Waals surface area contributed by atoms with Crippen molar-refractivity contribution in [2.75, 3.05) is 24.5 Å². The van der Waals surface area contributed by atoms with Gasteiger partial charge < -0.3 is 10.2 Å². The lowest BCUT2D eigenvalue weighted by Crippen LogP contribution is -2.49. The van der Waals surface area contributed by atoms with Crippen molar-refractivity contribution in [3.05, 3.63) is 29.0 Å². The van der Waals surface area contributed by atoms with E-state index < -0.39 is 5.82 Å². The molecule has 1 fully saturated rings. The highest BCUT2D eigenvalue weighted by Gasteiger charge is 2.20. The molecule has 5 nitrogen and oxygen atoms in total. The number of aromatic nitrogens is 3. The van der Waals surface area contributed by atoms with E-state index in [0.29, 0.717) is 28.4 Å². The van der Waals surface area contributed by atoms with Crippen LogP contribution in [-0.4, -0.2) is 40.9 Å². The first-order valence-electron chi connectivity index (χ1n) is 6.49. The Morgan fingerprint density at radius 2 is 2.30 bits per heavy atom. The van der Waals surface area contributed by atoms with Crippen LogP contribution < -0.4 is 10.2 Å². The minimum absolute atomic E-state index is 0.363. The van der Waals surface area contributed by atoms with Crippen LogP contribution in [0.15, 0.2) is 18.2 Å². The number of H-pyrrole nitrogens is 1. The quantitative estimate of drug-likeness (QED) is 0.890. The van der Waals surface area contributed by atoms with Crippen LogP contribution in [0.3, 0.4) is 0 Å². The lowest BCUT2D eigenvalue weighted by Gasteiger charge is -2.30. The Kier molecular flexibility index (Phi) is 3.58. The summed E-state index contributed by atoms with van der Waals surface area (Å²) in [4.78, 5) is 6.46. The van der Waals surface area contributed by atoms with Crippen LogP contribution >= 0.6 is 11.6 Å². The molecule has 2 aromatic rings. The molecule has 1 saturated heterocycles. The van der Waals surface area contributed by atoms with Crippen molar-refractivity contribution >= 4 is 17.5 Å². The second-order valence-electron chi connectivity index (χ2n) is 4.91. The Labute approximate surface area is 121 Å². The second kappa shape index (κ2) is 5.38. The van der Waals surface area contributed by atoms with E-state index in [0.717, 1.165) is 19.6 Å². The zero-order chi connectivity index (χ0) is 14.1. The molecule has 0 radical (unpaired) electrons. The number of anilines is 1. The van der Waals surface area contributed by atoms with E-state index in [4.69, 9.17) is 11.6 Å². The van der Waals surface area contributed by atoms with Gasteiger partial charge in [-0.25, -0.2) is 4.39 Å². The van der Waals surface area contributed by atoms with Gasteiger partial charge in [0.1, 0.15) is 5.82 Å². The highest BCUT2D eigenvalue weighted by Crippen LogP contribution is 2.24. The molecule has 106 valence electrons. The summed E-state index contributed by atoms with van der Waals surface area (Å²) in [7, 11) is 0. The topological polar surface area (TPSA) is 56.8 Å². The molecule has 0 amide bonds. The summed E-state index contributed by atoms with van der Waals surface area (Å²) in [6, 6.07) is 4.89. The second-order valence-corrected chi connectivity index (χ2v) is 5.35. The molecule has 0 bridgehead atoms. The van der Waals surface area contributed by atoms with Gasteiger partial charge in [0.15, 0.2) is 5.82 Å². The van der Waals surface area contributed by atoms with Crippen LogP contribution in [0.4, 0.5) is 10.3 Å². The normalized spacial score (nSPS) is 19.4. The zero-order valence-corrected chi connectivity index (χ0v) is 11.8. The van der Waals surface area contributed by atoms with E-state index in [2.05, 4.69) is 32.3 Å². The van der Waals surface area contributed by atoms with Crippen LogP contribution in [0.5, 0.6) is 0 Å². The summed E-state index contributed by atoms with van der Waals surface area (Å²) in [5, 5.41) is 10.7. The fourth-order valence-electron chi connectivity index (χ4n) is 2.31. The molecule has 7 heteroatoms. The molecule has 1 aromatic carbocycles. The Bertz CT molecular complexity index is 615. The van der Waals surface area contributed by atoms with E-state index in [1.54, 1.807) is 12.1 Å². The Morgan fingerprint density at radius 1 is 1.45 bits per heavy atom. The maximum absolute atomic E-state index is 13.9. The highest BCUT2D eigenvalue weighted by atomic mass is 35.5. The van der Waals surface area contributed by atoms with Crippen molar-refractivity contribution < 1.29 is 4.39 Å². The molecule has 3 rings (SSSR count). The predicted molar refractivity (Wildman–Crippen MR) is 76.5 cm³/mol. The van der Waals surface area contributed by atoms with Crippen LogP contribution in [-0.2, 0) is 0 Å². The third-order valence-electron chi connectivity index (χ3n) is 3.31. The number of rotatable bonds is 2. The molecule has 20 heavy (non-hydrogen) atoms.